The Labute approximate surface area is 111 Å². The van der Waals surface area contributed by atoms with E-state index in [1.807, 2.05) is 35.2 Å². The number of aldehydes is 1. The lowest BCUT2D eigenvalue weighted by atomic mass is 10.1. The SMILES string of the molecule is O=Cc1ccc[n+](CCc2c[nH]c3ccccc23)c1. The first-order valence-electron chi connectivity index (χ1n) is 6.36. The molecule has 3 nitrogen and oxygen atoms in total. The van der Waals surface area contributed by atoms with Crippen LogP contribution in [0.2, 0.25) is 0 Å². The molecule has 3 heteroatoms. The molecule has 0 aliphatic carbocycles. The Hall–Kier alpha value is -2.42. The lowest BCUT2D eigenvalue weighted by Gasteiger charge is -1.98. The van der Waals surface area contributed by atoms with Crippen LogP contribution < -0.4 is 4.57 Å². The predicted molar refractivity (Wildman–Crippen MR) is 74.0 cm³/mol. The molecule has 0 amide bonds. The molecule has 0 aliphatic rings. The summed E-state index contributed by atoms with van der Waals surface area (Å²) in [5.41, 5.74) is 3.19. The highest BCUT2D eigenvalue weighted by Gasteiger charge is 2.07. The van der Waals surface area contributed by atoms with Crippen LogP contribution in [0.25, 0.3) is 10.9 Å². The van der Waals surface area contributed by atoms with Crippen molar-refractivity contribution < 1.29 is 9.36 Å². The number of para-hydroxylation sites is 1. The van der Waals surface area contributed by atoms with E-state index in [4.69, 9.17) is 0 Å². The number of hydrogen-bond donors (Lipinski definition) is 1. The molecule has 0 unspecified atom stereocenters. The number of nitrogens with zero attached hydrogens (tertiary/aromatic N) is 1. The Kier molecular flexibility index (Phi) is 3.11. The van der Waals surface area contributed by atoms with Gasteiger partial charge < -0.3 is 4.98 Å². The summed E-state index contributed by atoms with van der Waals surface area (Å²) in [6.45, 7) is 0.865. The van der Waals surface area contributed by atoms with E-state index in [-0.39, 0.29) is 0 Å². The Balaban J connectivity index is 1.80. The lowest BCUT2D eigenvalue weighted by molar-refractivity contribution is -0.696. The van der Waals surface area contributed by atoms with Gasteiger partial charge in [-0.25, -0.2) is 4.57 Å². The fourth-order valence-corrected chi connectivity index (χ4v) is 2.34. The normalized spacial score (nSPS) is 10.7. The Morgan fingerprint density at radius 3 is 2.95 bits per heavy atom. The van der Waals surface area contributed by atoms with Crippen molar-refractivity contribution >= 4 is 17.2 Å². The summed E-state index contributed by atoms with van der Waals surface area (Å²) in [6.07, 6.45) is 7.75. The molecule has 3 rings (SSSR count). The number of carbonyl (C=O) groups excluding carboxylic acids is 1. The van der Waals surface area contributed by atoms with Crippen LogP contribution in [0.15, 0.2) is 55.0 Å². The number of carbonyl (C=O) groups is 1. The topological polar surface area (TPSA) is 36.7 Å². The van der Waals surface area contributed by atoms with Crippen molar-refractivity contribution in [3.63, 3.8) is 0 Å². The summed E-state index contributed by atoms with van der Waals surface area (Å²) in [6, 6.07) is 12.0. The number of nitrogens with one attached hydrogen (secondary N) is 1. The molecule has 2 heterocycles. The van der Waals surface area contributed by atoms with Gasteiger partial charge in [-0.15, -0.1) is 0 Å². The highest BCUT2D eigenvalue weighted by atomic mass is 16.1. The van der Waals surface area contributed by atoms with Gasteiger partial charge in [0.15, 0.2) is 25.2 Å². The summed E-state index contributed by atoms with van der Waals surface area (Å²) in [7, 11) is 0. The predicted octanol–water partition coefficient (Wildman–Crippen LogP) is 2.51. The van der Waals surface area contributed by atoms with E-state index in [0.717, 1.165) is 19.3 Å². The van der Waals surface area contributed by atoms with Crippen LogP contribution >= 0.6 is 0 Å². The maximum atomic E-state index is 10.7. The third-order valence-electron chi connectivity index (χ3n) is 3.33. The second kappa shape index (κ2) is 5.06. The van der Waals surface area contributed by atoms with Gasteiger partial charge in [0, 0.05) is 29.6 Å². The first-order chi connectivity index (χ1) is 9.36. The molecule has 0 saturated heterocycles. The van der Waals surface area contributed by atoms with E-state index in [1.54, 1.807) is 0 Å². The minimum atomic E-state index is 0.710. The van der Waals surface area contributed by atoms with E-state index in [1.165, 1.54) is 16.5 Å². The summed E-state index contributed by atoms with van der Waals surface area (Å²) < 4.78 is 2.05. The van der Waals surface area contributed by atoms with Crippen LogP contribution in [0.3, 0.4) is 0 Å². The van der Waals surface area contributed by atoms with Gasteiger partial charge in [0.2, 0.25) is 0 Å². The van der Waals surface area contributed by atoms with Crippen molar-refractivity contribution in [3.05, 3.63) is 66.1 Å². The van der Waals surface area contributed by atoms with Gasteiger partial charge in [0.05, 0.1) is 5.56 Å². The van der Waals surface area contributed by atoms with Gasteiger partial charge >= 0.3 is 0 Å². The number of rotatable bonds is 4. The number of H-pyrrole nitrogens is 1. The van der Waals surface area contributed by atoms with Crippen LogP contribution in [0.4, 0.5) is 0 Å². The summed E-state index contributed by atoms with van der Waals surface area (Å²) in [5, 5.41) is 1.27. The van der Waals surface area contributed by atoms with Crippen molar-refractivity contribution in [2.45, 2.75) is 13.0 Å². The third-order valence-corrected chi connectivity index (χ3v) is 3.33. The fourth-order valence-electron chi connectivity index (χ4n) is 2.34. The minimum Gasteiger partial charge on any atom is -0.361 e. The molecule has 0 spiro atoms. The number of aryl methyl sites for hydroxylation is 2. The number of aromatic amines is 1. The van der Waals surface area contributed by atoms with Crippen molar-refractivity contribution in [3.8, 4) is 0 Å². The quantitative estimate of drug-likeness (QED) is 0.561. The molecule has 94 valence electrons. The zero-order valence-corrected chi connectivity index (χ0v) is 10.5. The maximum Gasteiger partial charge on any atom is 0.179 e. The lowest BCUT2D eigenvalue weighted by Crippen LogP contribution is -2.34. The van der Waals surface area contributed by atoms with Crippen LogP contribution in [-0.4, -0.2) is 11.3 Å². The monoisotopic (exact) mass is 251 g/mol. The van der Waals surface area contributed by atoms with E-state index < -0.39 is 0 Å². The van der Waals surface area contributed by atoms with E-state index in [9.17, 15) is 4.79 Å². The van der Waals surface area contributed by atoms with Gasteiger partial charge in [0.25, 0.3) is 0 Å². The van der Waals surface area contributed by atoms with E-state index in [2.05, 4.69) is 29.4 Å². The number of hydrogen-bond acceptors (Lipinski definition) is 1. The van der Waals surface area contributed by atoms with E-state index in [0.29, 0.717) is 5.56 Å². The molecule has 19 heavy (non-hydrogen) atoms. The molecular weight excluding hydrogens is 236 g/mol. The van der Waals surface area contributed by atoms with Gasteiger partial charge in [-0.05, 0) is 17.7 Å². The molecule has 3 aromatic rings. The van der Waals surface area contributed by atoms with Gasteiger partial charge in [-0.2, -0.15) is 0 Å². The first-order valence-corrected chi connectivity index (χ1v) is 6.36. The molecule has 0 radical (unpaired) electrons. The first kappa shape index (κ1) is 11.7. The molecule has 0 aliphatic heterocycles. The Bertz CT molecular complexity index is 715. The molecule has 0 atom stereocenters. The van der Waals surface area contributed by atoms with Gasteiger partial charge in [-0.1, -0.05) is 18.2 Å². The fraction of sp³-hybridized carbons (Fsp3) is 0.125. The molecule has 1 aromatic carbocycles. The second-order valence-electron chi connectivity index (χ2n) is 4.60. The Morgan fingerprint density at radius 2 is 2.05 bits per heavy atom. The smallest absolute Gasteiger partial charge is 0.179 e. The number of benzene rings is 1. The number of pyridine rings is 1. The summed E-state index contributed by atoms with van der Waals surface area (Å²) in [4.78, 5) is 14.0. The van der Waals surface area contributed by atoms with Crippen molar-refractivity contribution in [2.24, 2.45) is 0 Å². The third kappa shape index (κ3) is 2.40. The van der Waals surface area contributed by atoms with Crippen LogP contribution in [0.1, 0.15) is 15.9 Å². The van der Waals surface area contributed by atoms with Crippen LogP contribution in [0, 0.1) is 0 Å². The van der Waals surface area contributed by atoms with Crippen LogP contribution in [0.5, 0.6) is 0 Å². The minimum absolute atomic E-state index is 0.710. The van der Waals surface area contributed by atoms with Crippen LogP contribution in [-0.2, 0) is 13.0 Å². The second-order valence-corrected chi connectivity index (χ2v) is 4.60. The van der Waals surface area contributed by atoms with Crippen molar-refractivity contribution in [1.29, 1.82) is 0 Å². The van der Waals surface area contributed by atoms with Crippen molar-refractivity contribution in [2.75, 3.05) is 0 Å². The summed E-state index contributed by atoms with van der Waals surface area (Å²) >= 11 is 0. The largest absolute Gasteiger partial charge is 0.361 e. The van der Waals surface area contributed by atoms with Crippen molar-refractivity contribution in [1.82, 2.24) is 4.98 Å². The molecule has 0 saturated carbocycles. The number of fused-ring (bicyclic) bond motifs is 1. The average molecular weight is 251 g/mol. The highest BCUT2D eigenvalue weighted by Crippen LogP contribution is 2.17. The molecular formula is C16H15N2O+. The zero-order chi connectivity index (χ0) is 13.1. The van der Waals surface area contributed by atoms with E-state index >= 15 is 0 Å². The molecule has 1 N–H and O–H groups in total. The Morgan fingerprint density at radius 1 is 1.16 bits per heavy atom. The zero-order valence-electron chi connectivity index (χ0n) is 10.5. The van der Waals surface area contributed by atoms with Gasteiger partial charge in [0.1, 0.15) is 0 Å². The number of aromatic nitrogens is 2. The molecule has 0 bridgehead atoms. The average Bonchev–Trinajstić information content (AvgIpc) is 2.89. The highest BCUT2D eigenvalue weighted by molar-refractivity contribution is 5.82. The molecule has 2 aromatic heterocycles. The van der Waals surface area contributed by atoms with Gasteiger partial charge in [-0.3, -0.25) is 4.79 Å². The standard InChI is InChI=1S/C16H15N2O/c19-12-13-4-3-8-18(11-13)9-7-14-10-17-16-6-2-1-5-15(14)16/h1-6,8,10-12,17H,7,9H2/q+1. The maximum absolute atomic E-state index is 10.7. The summed E-state index contributed by atoms with van der Waals surface area (Å²) in [5.74, 6) is 0. The molecule has 0 fully saturated rings.